The molecule has 2 aromatic heterocycles. The number of rotatable bonds is 2. The molecule has 1 aliphatic rings. The van der Waals surface area contributed by atoms with Crippen molar-refractivity contribution in [2.45, 2.75) is 32.6 Å². The highest BCUT2D eigenvalue weighted by Crippen LogP contribution is 2.37. The standard InChI is InChI=1S/C16H19N5/c1-3-10-4-5-14-12(6-10)15(11-8-19-21(2)9-11)13(7-17)16(18)20-14/h8-10H,3-6H2,1-2H3,(H2,18,20). The second-order valence-corrected chi connectivity index (χ2v) is 5.70. The maximum atomic E-state index is 9.49. The summed E-state index contributed by atoms with van der Waals surface area (Å²) in [5.41, 5.74) is 10.6. The van der Waals surface area contributed by atoms with Crippen molar-refractivity contribution in [2.24, 2.45) is 13.0 Å². The lowest BCUT2D eigenvalue weighted by atomic mass is 9.81. The van der Waals surface area contributed by atoms with Gasteiger partial charge in [-0.15, -0.1) is 0 Å². The average Bonchev–Trinajstić information content (AvgIpc) is 2.91. The Hall–Kier alpha value is -2.35. The van der Waals surface area contributed by atoms with Crippen LogP contribution in [0.2, 0.25) is 0 Å². The minimum absolute atomic E-state index is 0.338. The number of nitrogens with zero attached hydrogens (tertiary/aromatic N) is 4. The summed E-state index contributed by atoms with van der Waals surface area (Å²) in [4.78, 5) is 4.47. The molecule has 2 aromatic rings. The Morgan fingerprint density at radius 2 is 2.33 bits per heavy atom. The fourth-order valence-corrected chi connectivity index (χ4v) is 3.18. The largest absolute Gasteiger partial charge is 0.383 e. The van der Waals surface area contributed by atoms with Crippen LogP contribution in [0.1, 0.15) is 36.6 Å². The first-order valence-electron chi connectivity index (χ1n) is 7.34. The molecule has 2 N–H and O–H groups in total. The van der Waals surface area contributed by atoms with Crippen LogP contribution in [0.3, 0.4) is 0 Å². The van der Waals surface area contributed by atoms with Crippen LogP contribution in [-0.4, -0.2) is 14.8 Å². The van der Waals surface area contributed by atoms with Crippen LogP contribution >= 0.6 is 0 Å². The molecule has 5 heteroatoms. The maximum Gasteiger partial charge on any atom is 0.142 e. The first kappa shape index (κ1) is 13.6. The molecule has 1 unspecified atom stereocenters. The second kappa shape index (κ2) is 5.21. The van der Waals surface area contributed by atoms with Gasteiger partial charge in [0.15, 0.2) is 0 Å². The molecule has 3 rings (SSSR count). The second-order valence-electron chi connectivity index (χ2n) is 5.70. The van der Waals surface area contributed by atoms with E-state index in [9.17, 15) is 5.26 Å². The van der Waals surface area contributed by atoms with E-state index < -0.39 is 0 Å². The number of aryl methyl sites for hydroxylation is 2. The molecular weight excluding hydrogens is 262 g/mol. The molecule has 0 saturated heterocycles. The van der Waals surface area contributed by atoms with E-state index in [4.69, 9.17) is 5.73 Å². The predicted octanol–water partition coefficient (Wildman–Crippen LogP) is 2.45. The molecule has 5 nitrogen and oxygen atoms in total. The number of nitriles is 1. The Labute approximate surface area is 124 Å². The van der Waals surface area contributed by atoms with Gasteiger partial charge in [0, 0.05) is 30.1 Å². The fourth-order valence-electron chi connectivity index (χ4n) is 3.18. The van der Waals surface area contributed by atoms with Crippen LogP contribution < -0.4 is 5.73 Å². The Balaban J connectivity index is 2.25. The van der Waals surface area contributed by atoms with Crippen LogP contribution in [0.25, 0.3) is 11.1 Å². The van der Waals surface area contributed by atoms with Gasteiger partial charge in [0.1, 0.15) is 17.5 Å². The zero-order valence-electron chi connectivity index (χ0n) is 12.4. The van der Waals surface area contributed by atoms with Gasteiger partial charge in [-0.1, -0.05) is 13.3 Å². The van der Waals surface area contributed by atoms with Gasteiger partial charge in [0.25, 0.3) is 0 Å². The summed E-state index contributed by atoms with van der Waals surface area (Å²) in [5.74, 6) is 0.995. The highest BCUT2D eigenvalue weighted by molar-refractivity contribution is 5.78. The predicted molar refractivity (Wildman–Crippen MR) is 81.4 cm³/mol. The number of aromatic nitrogens is 3. The molecule has 1 aliphatic carbocycles. The number of nitrogens with two attached hydrogens (primary N) is 1. The zero-order chi connectivity index (χ0) is 15.0. The van der Waals surface area contributed by atoms with Crippen molar-refractivity contribution in [2.75, 3.05) is 5.73 Å². The van der Waals surface area contributed by atoms with Crippen molar-refractivity contribution in [3.05, 3.63) is 29.2 Å². The smallest absolute Gasteiger partial charge is 0.142 e. The molecule has 1 atom stereocenters. The van der Waals surface area contributed by atoms with Crippen LogP contribution in [0, 0.1) is 17.2 Å². The Morgan fingerprint density at radius 3 is 2.95 bits per heavy atom. The number of hydrogen-bond donors (Lipinski definition) is 1. The van der Waals surface area contributed by atoms with Crippen molar-refractivity contribution >= 4 is 5.82 Å². The Bertz CT molecular complexity index is 723. The molecule has 0 radical (unpaired) electrons. The van der Waals surface area contributed by atoms with Gasteiger partial charge in [0.2, 0.25) is 0 Å². The third-order valence-corrected chi connectivity index (χ3v) is 4.38. The number of hydrogen-bond acceptors (Lipinski definition) is 4. The SMILES string of the molecule is CCC1CCc2nc(N)c(C#N)c(-c3cnn(C)c3)c2C1. The van der Waals surface area contributed by atoms with Crippen LogP contribution in [0.5, 0.6) is 0 Å². The summed E-state index contributed by atoms with van der Waals surface area (Å²) >= 11 is 0. The summed E-state index contributed by atoms with van der Waals surface area (Å²) in [6.45, 7) is 2.22. The molecule has 0 spiro atoms. The van der Waals surface area contributed by atoms with E-state index in [1.165, 1.54) is 5.56 Å². The molecule has 21 heavy (non-hydrogen) atoms. The topological polar surface area (TPSA) is 80.5 Å². The Kier molecular flexibility index (Phi) is 3.38. The lowest BCUT2D eigenvalue weighted by Crippen LogP contribution is -2.18. The number of nitrogen functional groups attached to an aromatic ring is 1. The van der Waals surface area contributed by atoms with Crippen molar-refractivity contribution < 1.29 is 0 Å². The van der Waals surface area contributed by atoms with Gasteiger partial charge in [-0.25, -0.2) is 4.98 Å². The fraction of sp³-hybridized carbons (Fsp3) is 0.438. The highest BCUT2D eigenvalue weighted by Gasteiger charge is 2.26. The third-order valence-electron chi connectivity index (χ3n) is 4.38. The molecule has 108 valence electrons. The number of fused-ring (bicyclic) bond motifs is 1. The monoisotopic (exact) mass is 281 g/mol. The Morgan fingerprint density at radius 1 is 1.52 bits per heavy atom. The van der Waals surface area contributed by atoms with E-state index in [1.54, 1.807) is 10.9 Å². The maximum absolute atomic E-state index is 9.49. The lowest BCUT2D eigenvalue weighted by Gasteiger charge is -2.26. The van der Waals surface area contributed by atoms with Gasteiger partial charge >= 0.3 is 0 Å². The molecule has 0 amide bonds. The van der Waals surface area contributed by atoms with E-state index in [0.717, 1.165) is 42.5 Å². The molecule has 0 bridgehead atoms. The molecule has 0 aliphatic heterocycles. The number of pyridine rings is 1. The van der Waals surface area contributed by atoms with E-state index in [-0.39, 0.29) is 0 Å². The van der Waals surface area contributed by atoms with Crippen molar-refractivity contribution in [1.82, 2.24) is 14.8 Å². The summed E-state index contributed by atoms with van der Waals surface area (Å²) in [5, 5.41) is 13.7. The van der Waals surface area contributed by atoms with Crippen molar-refractivity contribution in [3.63, 3.8) is 0 Å². The van der Waals surface area contributed by atoms with Crippen LogP contribution in [0.15, 0.2) is 12.4 Å². The van der Waals surface area contributed by atoms with Gasteiger partial charge in [-0.05, 0) is 30.7 Å². The lowest BCUT2D eigenvalue weighted by molar-refractivity contribution is 0.441. The highest BCUT2D eigenvalue weighted by atomic mass is 15.2. The molecule has 0 aromatic carbocycles. The summed E-state index contributed by atoms with van der Waals surface area (Å²) < 4.78 is 1.75. The van der Waals surface area contributed by atoms with E-state index >= 15 is 0 Å². The van der Waals surface area contributed by atoms with E-state index in [1.807, 2.05) is 13.2 Å². The van der Waals surface area contributed by atoms with E-state index in [2.05, 4.69) is 23.1 Å². The van der Waals surface area contributed by atoms with Gasteiger partial charge in [0.05, 0.1) is 6.20 Å². The average molecular weight is 281 g/mol. The van der Waals surface area contributed by atoms with Gasteiger partial charge < -0.3 is 5.73 Å². The van der Waals surface area contributed by atoms with Crippen molar-refractivity contribution in [3.8, 4) is 17.2 Å². The summed E-state index contributed by atoms with van der Waals surface area (Å²) in [6.07, 6.45) is 7.94. The van der Waals surface area contributed by atoms with E-state index in [0.29, 0.717) is 17.3 Å². The van der Waals surface area contributed by atoms with Gasteiger partial charge in [-0.2, -0.15) is 10.4 Å². The minimum Gasteiger partial charge on any atom is -0.383 e. The molecule has 0 saturated carbocycles. The molecule has 2 heterocycles. The first-order valence-corrected chi connectivity index (χ1v) is 7.34. The minimum atomic E-state index is 0.338. The quantitative estimate of drug-likeness (QED) is 0.916. The molecule has 0 fully saturated rings. The first-order chi connectivity index (χ1) is 10.1. The summed E-state index contributed by atoms with van der Waals surface area (Å²) in [6, 6.07) is 2.23. The third kappa shape index (κ3) is 2.27. The zero-order valence-corrected chi connectivity index (χ0v) is 12.4. The van der Waals surface area contributed by atoms with Crippen LogP contribution in [-0.2, 0) is 19.9 Å². The normalized spacial score (nSPS) is 17.3. The van der Waals surface area contributed by atoms with Crippen molar-refractivity contribution in [1.29, 1.82) is 5.26 Å². The molecular formula is C16H19N5. The number of anilines is 1. The summed E-state index contributed by atoms with van der Waals surface area (Å²) in [7, 11) is 1.88. The van der Waals surface area contributed by atoms with Crippen LogP contribution in [0.4, 0.5) is 5.82 Å². The van der Waals surface area contributed by atoms with Gasteiger partial charge in [-0.3, -0.25) is 4.68 Å².